The summed E-state index contributed by atoms with van der Waals surface area (Å²) in [6.07, 6.45) is 0. The van der Waals surface area contributed by atoms with Crippen molar-refractivity contribution in [3.05, 3.63) is 82.6 Å². The van der Waals surface area contributed by atoms with Crippen LogP contribution in [0.2, 0.25) is 0 Å². The van der Waals surface area contributed by atoms with E-state index in [4.69, 9.17) is 0 Å². The van der Waals surface area contributed by atoms with Crippen LogP contribution in [-0.4, -0.2) is 0 Å². The Balaban J connectivity index is 1.88. The lowest BCUT2D eigenvalue weighted by Gasteiger charge is -2.11. The molecule has 0 bridgehead atoms. The highest BCUT2D eigenvalue weighted by Crippen LogP contribution is 2.35. The average molecular weight is 308 g/mol. The van der Waals surface area contributed by atoms with Crippen LogP contribution >= 0.6 is 11.3 Å². The van der Waals surface area contributed by atoms with Gasteiger partial charge in [-0.25, -0.2) is 0 Å². The lowest BCUT2D eigenvalue weighted by molar-refractivity contribution is 1.74. The summed E-state index contributed by atoms with van der Waals surface area (Å²) >= 11 is 1.68. The van der Waals surface area contributed by atoms with Crippen molar-refractivity contribution in [2.75, 3.05) is 0 Å². The molecule has 0 aliphatic heterocycles. The fourth-order valence-electron chi connectivity index (χ4n) is 3.32. The maximum Gasteiger partial charge on any atom is 0.0772 e. The van der Waals surface area contributed by atoms with E-state index in [2.05, 4.69) is 77.9 Å². The summed E-state index contributed by atoms with van der Waals surface area (Å²) in [5.74, 6) is 6.65. The van der Waals surface area contributed by atoms with Gasteiger partial charge in [0.2, 0.25) is 0 Å². The quantitative estimate of drug-likeness (QED) is 0.241. The van der Waals surface area contributed by atoms with Gasteiger partial charge in [0, 0.05) is 5.56 Å². The van der Waals surface area contributed by atoms with Crippen LogP contribution in [0, 0.1) is 11.8 Å². The lowest BCUT2D eigenvalue weighted by atomic mass is 9.92. The normalized spacial score (nSPS) is 11.1. The van der Waals surface area contributed by atoms with Crippen molar-refractivity contribution in [1.29, 1.82) is 0 Å². The van der Waals surface area contributed by atoms with Crippen molar-refractivity contribution in [2.24, 2.45) is 0 Å². The molecule has 5 aromatic rings. The van der Waals surface area contributed by atoms with Crippen LogP contribution < -0.4 is 0 Å². The Labute approximate surface area is 138 Å². The van der Waals surface area contributed by atoms with Crippen LogP contribution in [0.3, 0.4) is 0 Å². The number of hydrogen-bond donors (Lipinski definition) is 0. The monoisotopic (exact) mass is 308 g/mol. The lowest BCUT2D eigenvalue weighted by Crippen LogP contribution is -1.86. The molecule has 0 amide bonds. The molecule has 106 valence electrons. The van der Waals surface area contributed by atoms with Gasteiger partial charge >= 0.3 is 0 Å². The molecule has 23 heavy (non-hydrogen) atoms. The minimum atomic E-state index is 1.10. The van der Waals surface area contributed by atoms with E-state index in [0.29, 0.717) is 0 Å². The van der Waals surface area contributed by atoms with Crippen LogP contribution in [0.4, 0.5) is 0 Å². The fraction of sp³-hybridized carbons (Fsp3) is 0. The Morgan fingerprint density at radius 3 is 2.13 bits per heavy atom. The van der Waals surface area contributed by atoms with Crippen LogP contribution in [0.5, 0.6) is 0 Å². The van der Waals surface area contributed by atoms with E-state index in [1.54, 1.807) is 11.3 Å². The largest absolute Gasteiger partial charge is 0.135 e. The van der Waals surface area contributed by atoms with Crippen molar-refractivity contribution in [2.45, 2.75) is 0 Å². The van der Waals surface area contributed by atoms with E-state index >= 15 is 0 Å². The molecule has 0 fully saturated rings. The molecule has 0 N–H and O–H groups in total. The summed E-state index contributed by atoms with van der Waals surface area (Å²) in [6, 6.07) is 23.8. The van der Waals surface area contributed by atoms with Gasteiger partial charge in [-0.3, -0.25) is 0 Å². The molecule has 0 radical (unpaired) electrons. The highest BCUT2D eigenvalue weighted by molar-refractivity contribution is 7.10. The summed E-state index contributed by atoms with van der Waals surface area (Å²) in [4.78, 5) is 1.11. The first-order valence-corrected chi connectivity index (χ1v) is 8.50. The molecule has 1 heterocycles. The first-order valence-electron chi connectivity index (χ1n) is 7.62. The molecule has 0 nitrogen and oxygen atoms in total. The summed E-state index contributed by atoms with van der Waals surface area (Å²) in [5, 5.41) is 9.87. The number of hydrogen-bond acceptors (Lipinski definition) is 1. The van der Waals surface area contributed by atoms with Crippen molar-refractivity contribution in [3.63, 3.8) is 0 Å². The smallest absolute Gasteiger partial charge is 0.0772 e. The molecule has 1 aromatic heterocycles. The van der Waals surface area contributed by atoms with Crippen molar-refractivity contribution < 1.29 is 0 Å². The zero-order valence-corrected chi connectivity index (χ0v) is 13.2. The van der Waals surface area contributed by atoms with Gasteiger partial charge in [0.15, 0.2) is 0 Å². The summed E-state index contributed by atoms with van der Waals surface area (Å²) in [7, 11) is 0. The molecule has 0 saturated heterocycles. The molecule has 4 aromatic carbocycles. The summed E-state index contributed by atoms with van der Waals surface area (Å²) in [5.41, 5.74) is 1.10. The van der Waals surface area contributed by atoms with E-state index in [0.717, 1.165) is 10.4 Å². The zero-order valence-electron chi connectivity index (χ0n) is 12.3. The molecule has 0 unspecified atom stereocenters. The van der Waals surface area contributed by atoms with Gasteiger partial charge in [0.1, 0.15) is 0 Å². The standard InChI is InChI=1S/C22H12S/c1-3-16-8-9-18-7-6-15(10-12-19-5-2-14-23-19)20-13-11-17(4-1)21(16)22(18)20/h1-9,11,13-14H. The predicted octanol–water partition coefficient (Wildman–Crippen LogP) is 6.05. The van der Waals surface area contributed by atoms with Gasteiger partial charge < -0.3 is 0 Å². The third kappa shape index (κ3) is 1.93. The Morgan fingerprint density at radius 2 is 1.35 bits per heavy atom. The molecule has 0 aliphatic rings. The Morgan fingerprint density at radius 1 is 0.609 bits per heavy atom. The Hall–Kier alpha value is -2.82. The van der Waals surface area contributed by atoms with Gasteiger partial charge in [-0.15, -0.1) is 11.3 Å². The van der Waals surface area contributed by atoms with Gasteiger partial charge in [-0.1, -0.05) is 66.4 Å². The van der Waals surface area contributed by atoms with E-state index in [1.807, 2.05) is 6.07 Å². The topological polar surface area (TPSA) is 0 Å². The van der Waals surface area contributed by atoms with Crippen LogP contribution in [-0.2, 0) is 0 Å². The van der Waals surface area contributed by atoms with E-state index in [-0.39, 0.29) is 0 Å². The third-order valence-corrected chi connectivity index (χ3v) is 5.16. The van der Waals surface area contributed by atoms with E-state index in [1.165, 1.54) is 32.3 Å². The van der Waals surface area contributed by atoms with Crippen molar-refractivity contribution in [3.8, 4) is 11.8 Å². The Bertz CT molecular complexity index is 1190. The Kier molecular flexibility index (Phi) is 2.67. The van der Waals surface area contributed by atoms with Gasteiger partial charge in [0.05, 0.1) is 4.88 Å². The summed E-state index contributed by atoms with van der Waals surface area (Å²) < 4.78 is 0. The number of thiophene rings is 1. The second-order valence-electron chi connectivity index (χ2n) is 5.70. The van der Waals surface area contributed by atoms with Gasteiger partial charge in [0.25, 0.3) is 0 Å². The molecule has 1 heteroatoms. The van der Waals surface area contributed by atoms with E-state index < -0.39 is 0 Å². The number of benzene rings is 4. The minimum absolute atomic E-state index is 1.10. The molecule has 0 saturated carbocycles. The maximum absolute atomic E-state index is 3.36. The molecular formula is C22H12S. The zero-order chi connectivity index (χ0) is 15.2. The SMILES string of the molecule is C(#Cc1ccc2ccc3cccc4ccc1c2c34)c1cccs1. The molecule has 0 atom stereocenters. The fourth-order valence-corrected chi connectivity index (χ4v) is 3.89. The second kappa shape index (κ2) is 4.84. The molecular weight excluding hydrogens is 296 g/mol. The minimum Gasteiger partial charge on any atom is -0.135 e. The highest BCUT2D eigenvalue weighted by Gasteiger charge is 2.09. The molecule has 5 rings (SSSR count). The van der Waals surface area contributed by atoms with Crippen LogP contribution in [0.25, 0.3) is 32.3 Å². The molecule has 0 spiro atoms. The highest BCUT2D eigenvalue weighted by atomic mass is 32.1. The van der Waals surface area contributed by atoms with Gasteiger partial charge in [-0.2, -0.15) is 0 Å². The van der Waals surface area contributed by atoms with Crippen molar-refractivity contribution >= 4 is 43.7 Å². The van der Waals surface area contributed by atoms with Crippen LogP contribution in [0.15, 0.2) is 72.1 Å². The first-order chi connectivity index (χ1) is 11.4. The second-order valence-corrected chi connectivity index (χ2v) is 6.64. The summed E-state index contributed by atoms with van der Waals surface area (Å²) in [6.45, 7) is 0. The molecule has 0 aliphatic carbocycles. The van der Waals surface area contributed by atoms with Crippen LogP contribution in [0.1, 0.15) is 10.4 Å². The van der Waals surface area contributed by atoms with Gasteiger partial charge in [-0.05, 0) is 49.8 Å². The van der Waals surface area contributed by atoms with Crippen molar-refractivity contribution in [1.82, 2.24) is 0 Å². The third-order valence-electron chi connectivity index (χ3n) is 4.37. The van der Waals surface area contributed by atoms with E-state index in [9.17, 15) is 0 Å². The average Bonchev–Trinajstić information content (AvgIpc) is 3.12. The predicted molar refractivity (Wildman–Crippen MR) is 100 cm³/mol. The maximum atomic E-state index is 3.36. The number of rotatable bonds is 0. The first kappa shape index (κ1) is 12.7.